The Bertz CT molecular complexity index is 761. The number of hydrogen-bond donors (Lipinski definition) is 1. The van der Waals surface area contributed by atoms with E-state index in [9.17, 15) is 13.2 Å². The summed E-state index contributed by atoms with van der Waals surface area (Å²) >= 11 is 5.73. The van der Waals surface area contributed by atoms with Crippen molar-refractivity contribution in [3.63, 3.8) is 0 Å². The van der Waals surface area contributed by atoms with Gasteiger partial charge in [-0.15, -0.1) is 0 Å². The molecule has 0 aliphatic carbocycles. The molecule has 1 atom stereocenters. The van der Waals surface area contributed by atoms with Gasteiger partial charge in [0.05, 0.1) is 10.6 Å². The van der Waals surface area contributed by atoms with E-state index >= 15 is 0 Å². The summed E-state index contributed by atoms with van der Waals surface area (Å²) in [6.07, 6.45) is -1.67. The predicted molar refractivity (Wildman–Crippen MR) is 92.7 cm³/mol. The van der Waals surface area contributed by atoms with Crippen molar-refractivity contribution in [3.8, 4) is 16.9 Å². The summed E-state index contributed by atoms with van der Waals surface area (Å²) in [5, 5.41) is 3.01. The largest absolute Gasteiger partial charge is 0.474 e. The second kappa shape index (κ2) is 7.26. The van der Waals surface area contributed by atoms with Crippen molar-refractivity contribution in [2.75, 3.05) is 0 Å². The highest BCUT2D eigenvalue weighted by Gasteiger charge is 2.34. The molecule has 6 heteroatoms. The molecule has 0 spiro atoms. The van der Waals surface area contributed by atoms with E-state index in [0.717, 1.165) is 30.9 Å². The van der Waals surface area contributed by atoms with Crippen LogP contribution in [0.25, 0.3) is 11.1 Å². The summed E-state index contributed by atoms with van der Waals surface area (Å²) in [5.74, 6) is 0.651. The Balaban J connectivity index is 2.00. The molecule has 0 bridgehead atoms. The molecule has 1 aliphatic rings. The van der Waals surface area contributed by atoms with Crippen LogP contribution in [0, 0.1) is 0 Å². The third-order valence-electron chi connectivity index (χ3n) is 4.28. The monoisotopic (exact) mass is 369 g/mol. The van der Waals surface area contributed by atoms with E-state index in [1.54, 1.807) is 12.1 Å². The zero-order valence-corrected chi connectivity index (χ0v) is 14.5. The third-order valence-corrected chi connectivity index (χ3v) is 4.61. The van der Waals surface area contributed by atoms with Crippen molar-refractivity contribution in [1.29, 1.82) is 0 Å². The molecule has 25 heavy (non-hydrogen) atoms. The molecule has 1 heterocycles. The van der Waals surface area contributed by atoms with Gasteiger partial charge in [0.1, 0.15) is 5.75 Å². The number of fused-ring (bicyclic) bond motifs is 1. The SMILES string of the molecule is CCCCC1NCc2cccc(-c3ccc(Cl)c(C(F)(F)F)c3)c2O1. The first-order valence-electron chi connectivity index (χ1n) is 8.29. The predicted octanol–water partition coefficient (Wildman–Crippen LogP) is 6.02. The van der Waals surface area contributed by atoms with Crippen LogP contribution in [0.3, 0.4) is 0 Å². The van der Waals surface area contributed by atoms with Gasteiger partial charge in [-0.05, 0) is 30.5 Å². The molecule has 0 radical (unpaired) electrons. The molecule has 1 N–H and O–H groups in total. The van der Waals surface area contributed by atoms with Gasteiger partial charge in [-0.25, -0.2) is 0 Å². The van der Waals surface area contributed by atoms with Crippen LogP contribution in [0.4, 0.5) is 13.2 Å². The molecule has 0 saturated carbocycles. The molecule has 0 amide bonds. The Kier molecular flexibility index (Phi) is 5.25. The number of ether oxygens (including phenoxy) is 1. The van der Waals surface area contributed by atoms with Crippen LogP contribution in [-0.2, 0) is 12.7 Å². The van der Waals surface area contributed by atoms with Crippen molar-refractivity contribution >= 4 is 11.6 Å². The molecule has 0 fully saturated rings. The number of alkyl halides is 3. The Hall–Kier alpha value is -1.72. The van der Waals surface area contributed by atoms with Gasteiger partial charge in [-0.1, -0.05) is 49.2 Å². The van der Waals surface area contributed by atoms with Gasteiger partial charge in [0, 0.05) is 17.7 Å². The fourth-order valence-corrected chi connectivity index (χ4v) is 3.18. The Labute approximate surface area is 150 Å². The summed E-state index contributed by atoms with van der Waals surface area (Å²) in [4.78, 5) is 0. The van der Waals surface area contributed by atoms with Crippen molar-refractivity contribution in [2.24, 2.45) is 0 Å². The third kappa shape index (κ3) is 3.93. The second-order valence-corrected chi connectivity index (χ2v) is 6.52. The van der Waals surface area contributed by atoms with Crippen LogP contribution < -0.4 is 10.1 Å². The smallest absolute Gasteiger partial charge is 0.417 e. The van der Waals surface area contributed by atoms with Crippen molar-refractivity contribution < 1.29 is 17.9 Å². The van der Waals surface area contributed by atoms with E-state index in [2.05, 4.69) is 12.2 Å². The second-order valence-electron chi connectivity index (χ2n) is 6.12. The van der Waals surface area contributed by atoms with E-state index in [4.69, 9.17) is 16.3 Å². The van der Waals surface area contributed by atoms with E-state index in [1.807, 2.05) is 12.1 Å². The Morgan fingerprint density at radius 2 is 2.04 bits per heavy atom. The first kappa shape index (κ1) is 18.1. The lowest BCUT2D eigenvalue weighted by Gasteiger charge is -2.29. The molecule has 1 unspecified atom stereocenters. The summed E-state index contributed by atoms with van der Waals surface area (Å²) in [6, 6.07) is 9.50. The van der Waals surface area contributed by atoms with Gasteiger partial charge >= 0.3 is 6.18 Å². The summed E-state index contributed by atoms with van der Waals surface area (Å²) in [7, 11) is 0. The molecule has 2 nitrogen and oxygen atoms in total. The lowest BCUT2D eigenvalue weighted by Crippen LogP contribution is -2.38. The molecule has 134 valence electrons. The van der Waals surface area contributed by atoms with Gasteiger partial charge in [-0.3, -0.25) is 5.32 Å². The summed E-state index contributed by atoms with van der Waals surface area (Å²) in [6.45, 7) is 2.74. The maximum atomic E-state index is 13.2. The summed E-state index contributed by atoms with van der Waals surface area (Å²) in [5.41, 5.74) is 1.21. The average Bonchev–Trinajstić information content (AvgIpc) is 2.59. The van der Waals surface area contributed by atoms with Gasteiger partial charge in [0.2, 0.25) is 0 Å². The molecular weight excluding hydrogens is 351 g/mol. The van der Waals surface area contributed by atoms with Crippen molar-refractivity contribution in [1.82, 2.24) is 5.32 Å². The van der Waals surface area contributed by atoms with Crippen LogP contribution in [0.1, 0.15) is 37.3 Å². The van der Waals surface area contributed by atoms with Gasteiger partial charge in [-0.2, -0.15) is 13.2 Å². The first-order chi connectivity index (χ1) is 11.9. The number of hydrogen-bond acceptors (Lipinski definition) is 2. The van der Waals surface area contributed by atoms with Crippen LogP contribution in [0.15, 0.2) is 36.4 Å². The molecule has 3 rings (SSSR count). The first-order valence-corrected chi connectivity index (χ1v) is 8.67. The lowest BCUT2D eigenvalue weighted by molar-refractivity contribution is -0.137. The zero-order valence-electron chi connectivity index (χ0n) is 13.8. The van der Waals surface area contributed by atoms with Crippen molar-refractivity contribution in [2.45, 2.75) is 45.1 Å². The van der Waals surface area contributed by atoms with E-state index in [-0.39, 0.29) is 11.3 Å². The number of halogens is 4. The highest BCUT2D eigenvalue weighted by molar-refractivity contribution is 6.31. The van der Waals surface area contributed by atoms with E-state index in [0.29, 0.717) is 23.4 Å². The number of unbranched alkanes of at least 4 members (excludes halogenated alkanes) is 1. The minimum absolute atomic E-state index is 0.122. The van der Waals surface area contributed by atoms with Crippen LogP contribution >= 0.6 is 11.6 Å². The molecule has 0 saturated heterocycles. The highest BCUT2D eigenvalue weighted by atomic mass is 35.5. The number of rotatable bonds is 4. The summed E-state index contributed by atoms with van der Waals surface area (Å²) < 4.78 is 45.5. The van der Waals surface area contributed by atoms with Gasteiger partial charge in [0.25, 0.3) is 0 Å². The maximum Gasteiger partial charge on any atom is 0.417 e. The van der Waals surface area contributed by atoms with E-state index < -0.39 is 11.7 Å². The number of para-hydroxylation sites is 1. The van der Waals surface area contributed by atoms with Gasteiger partial charge < -0.3 is 4.74 Å². The quantitative estimate of drug-likeness (QED) is 0.711. The Morgan fingerprint density at radius 3 is 2.76 bits per heavy atom. The topological polar surface area (TPSA) is 21.3 Å². The normalized spacial score (nSPS) is 17.1. The van der Waals surface area contributed by atoms with Crippen LogP contribution in [0.5, 0.6) is 5.75 Å². The Morgan fingerprint density at radius 1 is 1.24 bits per heavy atom. The van der Waals surface area contributed by atoms with Crippen LogP contribution in [0.2, 0.25) is 5.02 Å². The fraction of sp³-hybridized carbons (Fsp3) is 0.368. The molecule has 2 aromatic rings. The number of nitrogens with one attached hydrogen (secondary N) is 1. The fourth-order valence-electron chi connectivity index (χ4n) is 2.96. The minimum Gasteiger partial charge on any atom is -0.474 e. The highest BCUT2D eigenvalue weighted by Crippen LogP contribution is 2.41. The lowest BCUT2D eigenvalue weighted by atomic mass is 9.98. The zero-order chi connectivity index (χ0) is 18.0. The van der Waals surface area contributed by atoms with Crippen molar-refractivity contribution in [3.05, 3.63) is 52.5 Å². The molecule has 2 aromatic carbocycles. The maximum absolute atomic E-state index is 13.2. The minimum atomic E-state index is -4.49. The van der Waals surface area contributed by atoms with E-state index in [1.165, 1.54) is 6.07 Å². The molecule has 0 aromatic heterocycles. The molecular formula is C19H19ClF3NO. The van der Waals surface area contributed by atoms with Crippen LogP contribution in [-0.4, -0.2) is 6.23 Å². The average molecular weight is 370 g/mol. The van der Waals surface area contributed by atoms with Gasteiger partial charge in [0.15, 0.2) is 6.23 Å². The molecule has 1 aliphatic heterocycles. The number of benzene rings is 2. The standard InChI is InChI=1S/C19H19ClF3NO/c1-2-3-7-17-24-11-13-5-4-6-14(18(13)25-17)12-8-9-16(20)15(10-12)19(21,22)23/h4-6,8-10,17,24H,2-3,7,11H2,1H3.